The predicted octanol–water partition coefficient (Wildman–Crippen LogP) is 2.97. The number of rotatable bonds is 2. The Hall–Kier alpha value is -2.32. The van der Waals surface area contributed by atoms with E-state index in [1.54, 1.807) is 0 Å². The molecule has 0 heterocycles. The van der Waals surface area contributed by atoms with Gasteiger partial charge in [-0.15, -0.1) is 0 Å². The summed E-state index contributed by atoms with van der Waals surface area (Å²) >= 11 is 0. The van der Waals surface area contributed by atoms with E-state index < -0.39 is 0 Å². The molecule has 0 fully saturated rings. The van der Waals surface area contributed by atoms with Gasteiger partial charge in [0.1, 0.15) is 0 Å². The third-order valence-corrected chi connectivity index (χ3v) is 2.54. The predicted molar refractivity (Wildman–Crippen MR) is 62.6 cm³/mol. The molecule has 0 aromatic heterocycles. The molecule has 2 aromatic carbocycles. The zero-order valence-corrected chi connectivity index (χ0v) is 8.77. The Bertz CT molecular complexity index is 545. The first kappa shape index (κ1) is 10.2. The number of benzene rings is 2. The normalized spacial score (nSPS) is 9.62. The molecule has 0 aliphatic rings. The van der Waals surface area contributed by atoms with Gasteiger partial charge < -0.3 is 0 Å². The van der Waals surface area contributed by atoms with Gasteiger partial charge in [-0.25, -0.2) is 0 Å². The summed E-state index contributed by atoms with van der Waals surface area (Å²) < 4.78 is 0. The van der Waals surface area contributed by atoms with E-state index in [2.05, 4.69) is 12.1 Å². The molecule has 0 unspecified atom stereocenters. The molecule has 0 atom stereocenters. The molecule has 0 amide bonds. The smallest absolute Gasteiger partial charge is 0.0669 e. The second kappa shape index (κ2) is 4.47. The number of fused-ring (bicyclic) bond motifs is 1. The van der Waals surface area contributed by atoms with E-state index in [0.717, 1.165) is 21.9 Å². The van der Waals surface area contributed by atoms with Gasteiger partial charge in [-0.2, -0.15) is 10.5 Å². The molecule has 0 spiro atoms. The lowest BCUT2D eigenvalue weighted by Gasteiger charge is -2.02. The van der Waals surface area contributed by atoms with Crippen molar-refractivity contribution in [1.82, 2.24) is 0 Å². The molecular formula is C14H10N2. The van der Waals surface area contributed by atoms with Gasteiger partial charge in [-0.1, -0.05) is 36.4 Å². The van der Waals surface area contributed by atoms with Crippen LogP contribution in [-0.4, -0.2) is 0 Å². The SMILES string of the molecule is N#CCc1ccc2cc(CC#N)ccc2c1. The zero-order chi connectivity index (χ0) is 11.4. The minimum absolute atomic E-state index is 0.440. The summed E-state index contributed by atoms with van der Waals surface area (Å²) in [6.07, 6.45) is 0.881. The van der Waals surface area contributed by atoms with Crippen molar-refractivity contribution in [2.24, 2.45) is 0 Å². The summed E-state index contributed by atoms with van der Waals surface area (Å²) in [5.74, 6) is 0. The Morgan fingerprint density at radius 3 is 1.56 bits per heavy atom. The van der Waals surface area contributed by atoms with Gasteiger partial charge in [0.05, 0.1) is 25.0 Å². The lowest BCUT2D eigenvalue weighted by molar-refractivity contribution is 1.26. The summed E-state index contributed by atoms with van der Waals surface area (Å²) in [6, 6.07) is 16.2. The minimum Gasteiger partial charge on any atom is -0.198 e. The van der Waals surface area contributed by atoms with Crippen molar-refractivity contribution >= 4 is 10.8 Å². The molecule has 0 bridgehead atoms. The highest BCUT2D eigenvalue weighted by Gasteiger charge is 1.98. The van der Waals surface area contributed by atoms with Gasteiger partial charge in [-0.3, -0.25) is 0 Å². The van der Waals surface area contributed by atoms with Gasteiger partial charge in [0.2, 0.25) is 0 Å². The first-order chi connectivity index (χ1) is 7.83. The summed E-state index contributed by atoms with van der Waals surface area (Å²) in [4.78, 5) is 0. The van der Waals surface area contributed by atoms with Crippen molar-refractivity contribution in [3.8, 4) is 12.1 Å². The van der Waals surface area contributed by atoms with Gasteiger partial charge >= 0.3 is 0 Å². The van der Waals surface area contributed by atoms with E-state index >= 15 is 0 Å². The van der Waals surface area contributed by atoms with Crippen LogP contribution < -0.4 is 0 Å². The van der Waals surface area contributed by atoms with Crippen LogP contribution in [0.5, 0.6) is 0 Å². The third-order valence-electron chi connectivity index (χ3n) is 2.54. The van der Waals surface area contributed by atoms with Crippen LogP contribution in [-0.2, 0) is 12.8 Å². The summed E-state index contributed by atoms with van der Waals surface area (Å²) in [7, 11) is 0. The third kappa shape index (κ3) is 2.02. The van der Waals surface area contributed by atoms with Gasteiger partial charge in [-0.05, 0) is 21.9 Å². The van der Waals surface area contributed by atoms with Crippen LogP contribution in [0.1, 0.15) is 11.1 Å². The maximum atomic E-state index is 8.62. The molecule has 0 aliphatic carbocycles. The van der Waals surface area contributed by atoms with Crippen molar-refractivity contribution in [3.63, 3.8) is 0 Å². The Kier molecular flexibility index (Phi) is 2.85. The fourth-order valence-corrected chi connectivity index (χ4v) is 1.75. The second-order valence-corrected chi connectivity index (χ2v) is 3.69. The highest BCUT2D eigenvalue weighted by atomic mass is 14.2. The maximum Gasteiger partial charge on any atom is 0.0669 e. The molecule has 0 radical (unpaired) electrons. The molecule has 2 nitrogen and oxygen atoms in total. The van der Waals surface area contributed by atoms with Crippen molar-refractivity contribution in [3.05, 3.63) is 47.5 Å². The van der Waals surface area contributed by atoms with Crippen LogP contribution in [0, 0.1) is 22.7 Å². The standard InChI is InChI=1S/C14H10N2/c15-7-5-11-1-3-13-10-12(6-8-16)2-4-14(13)9-11/h1-4,9-10H,5-6H2. The van der Waals surface area contributed by atoms with E-state index in [9.17, 15) is 0 Å². The fourth-order valence-electron chi connectivity index (χ4n) is 1.75. The van der Waals surface area contributed by atoms with Crippen LogP contribution in [0.25, 0.3) is 10.8 Å². The van der Waals surface area contributed by atoms with Crippen molar-refractivity contribution in [2.45, 2.75) is 12.8 Å². The fraction of sp³-hybridized carbons (Fsp3) is 0.143. The first-order valence-electron chi connectivity index (χ1n) is 5.09. The number of hydrogen-bond donors (Lipinski definition) is 0. The van der Waals surface area contributed by atoms with E-state index in [-0.39, 0.29) is 0 Å². The molecule has 0 saturated carbocycles. The Morgan fingerprint density at radius 1 is 0.750 bits per heavy atom. The van der Waals surface area contributed by atoms with Gasteiger partial charge in [0.15, 0.2) is 0 Å². The number of hydrogen-bond acceptors (Lipinski definition) is 2. The minimum atomic E-state index is 0.440. The largest absolute Gasteiger partial charge is 0.198 e. The van der Waals surface area contributed by atoms with Crippen molar-refractivity contribution in [1.29, 1.82) is 10.5 Å². The van der Waals surface area contributed by atoms with Crippen molar-refractivity contribution in [2.75, 3.05) is 0 Å². The van der Waals surface area contributed by atoms with Crippen LogP contribution >= 0.6 is 0 Å². The van der Waals surface area contributed by atoms with Crippen LogP contribution in [0.15, 0.2) is 36.4 Å². The molecule has 16 heavy (non-hydrogen) atoms. The first-order valence-corrected chi connectivity index (χ1v) is 5.09. The van der Waals surface area contributed by atoms with Crippen molar-refractivity contribution < 1.29 is 0 Å². The average molecular weight is 206 g/mol. The highest BCUT2D eigenvalue weighted by molar-refractivity contribution is 5.84. The molecule has 0 aliphatic heterocycles. The summed E-state index contributed by atoms with van der Waals surface area (Å²) in [5.41, 5.74) is 2.06. The Morgan fingerprint density at radius 2 is 1.19 bits per heavy atom. The molecule has 0 N–H and O–H groups in total. The van der Waals surface area contributed by atoms with E-state index in [1.165, 1.54) is 0 Å². The molecule has 2 rings (SSSR count). The topological polar surface area (TPSA) is 47.6 Å². The number of nitriles is 2. The Labute approximate surface area is 94.4 Å². The average Bonchev–Trinajstić information content (AvgIpc) is 2.30. The molecular weight excluding hydrogens is 196 g/mol. The molecule has 2 heteroatoms. The van der Waals surface area contributed by atoms with E-state index in [1.807, 2.05) is 36.4 Å². The van der Waals surface area contributed by atoms with E-state index in [4.69, 9.17) is 10.5 Å². The molecule has 76 valence electrons. The van der Waals surface area contributed by atoms with E-state index in [0.29, 0.717) is 12.8 Å². The Balaban J connectivity index is 2.46. The monoisotopic (exact) mass is 206 g/mol. The molecule has 2 aromatic rings. The summed E-state index contributed by atoms with van der Waals surface area (Å²) in [5, 5.41) is 19.5. The second-order valence-electron chi connectivity index (χ2n) is 3.69. The summed E-state index contributed by atoms with van der Waals surface area (Å²) in [6.45, 7) is 0. The quantitative estimate of drug-likeness (QED) is 0.758. The maximum absolute atomic E-state index is 8.62. The van der Waals surface area contributed by atoms with Crippen LogP contribution in [0.2, 0.25) is 0 Å². The van der Waals surface area contributed by atoms with Gasteiger partial charge in [0, 0.05) is 0 Å². The lowest BCUT2D eigenvalue weighted by Crippen LogP contribution is -1.84. The lowest BCUT2D eigenvalue weighted by atomic mass is 10.0. The zero-order valence-electron chi connectivity index (χ0n) is 8.77. The van der Waals surface area contributed by atoms with Crippen LogP contribution in [0.3, 0.4) is 0 Å². The number of nitrogens with zero attached hydrogens (tertiary/aromatic N) is 2. The van der Waals surface area contributed by atoms with Gasteiger partial charge in [0.25, 0.3) is 0 Å². The molecule has 0 saturated heterocycles. The highest BCUT2D eigenvalue weighted by Crippen LogP contribution is 2.18. The van der Waals surface area contributed by atoms with Crippen LogP contribution in [0.4, 0.5) is 0 Å².